The summed E-state index contributed by atoms with van der Waals surface area (Å²) in [6, 6.07) is 16.3. The summed E-state index contributed by atoms with van der Waals surface area (Å²) in [5, 5.41) is 0. The number of rotatable bonds is 4. The third kappa shape index (κ3) is 3.68. The lowest BCUT2D eigenvalue weighted by molar-refractivity contribution is -0.127. The number of amides is 1. The van der Waals surface area contributed by atoms with Crippen LogP contribution in [-0.2, 0) is 11.3 Å². The van der Waals surface area contributed by atoms with Crippen molar-refractivity contribution < 1.29 is 4.79 Å². The Labute approximate surface area is 153 Å². The quantitative estimate of drug-likeness (QED) is 0.682. The van der Waals surface area contributed by atoms with Crippen molar-refractivity contribution in [2.45, 2.75) is 6.54 Å². The summed E-state index contributed by atoms with van der Waals surface area (Å²) in [6.45, 7) is 4.29. The van der Waals surface area contributed by atoms with E-state index in [1.54, 1.807) is 12.3 Å². The van der Waals surface area contributed by atoms with Gasteiger partial charge in [0.1, 0.15) is 5.65 Å². The molecule has 0 atom stereocenters. The van der Waals surface area contributed by atoms with Crippen molar-refractivity contribution in [1.82, 2.24) is 19.2 Å². The predicted molar refractivity (Wildman–Crippen MR) is 103 cm³/mol. The summed E-state index contributed by atoms with van der Waals surface area (Å²) in [5.41, 5.74) is 3.12. The van der Waals surface area contributed by atoms with Gasteiger partial charge in [-0.2, -0.15) is 0 Å². The van der Waals surface area contributed by atoms with Crippen LogP contribution in [0.25, 0.3) is 11.7 Å². The number of nitrogens with zero attached hydrogens (tertiary/aromatic N) is 4. The topological polar surface area (TPSA) is 40.9 Å². The Morgan fingerprint density at radius 1 is 1.00 bits per heavy atom. The van der Waals surface area contributed by atoms with Gasteiger partial charge in [0.2, 0.25) is 5.91 Å². The van der Waals surface area contributed by atoms with E-state index >= 15 is 0 Å². The van der Waals surface area contributed by atoms with Gasteiger partial charge in [-0.25, -0.2) is 4.98 Å². The molecule has 1 amide bonds. The van der Waals surface area contributed by atoms with Crippen LogP contribution in [0.15, 0.2) is 67.0 Å². The molecule has 26 heavy (non-hydrogen) atoms. The van der Waals surface area contributed by atoms with Gasteiger partial charge in [0, 0.05) is 45.0 Å². The maximum Gasteiger partial charge on any atom is 0.246 e. The van der Waals surface area contributed by atoms with Crippen LogP contribution in [0.4, 0.5) is 0 Å². The third-order valence-corrected chi connectivity index (χ3v) is 4.78. The zero-order chi connectivity index (χ0) is 17.8. The van der Waals surface area contributed by atoms with E-state index in [0.29, 0.717) is 0 Å². The van der Waals surface area contributed by atoms with Gasteiger partial charge < -0.3 is 9.30 Å². The minimum absolute atomic E-state index is 0.0650. The van der Waals surface area contributed by atoms with E-state index < -0.39 is 0 Å². The van der Waals surface area contributed by atoms with Crippen molar-refractivity contribution in [3.05, 3.63) is 78.3 Å². The van der Waals surface area contributed by atoms with Crippen molar-refractivity contribution in [1.29, 1.82) is 0 Å². The summed E-state index contributed by atoms with van der Waals surface area (Å²) in [5.74, 6) is 0.0650. The lowest BCUT2D eigenvalue weighted by Gasteiger charge is -2.34. The Hall–Kier alpha value is -2.92. The second-order valence-corrected chi connectivity index (χ2v) is 6.53. The van der Waals surface area contributed by atoms with Gasteiger partial charge in [-0.15, -0.1) is 0 Å². The summed E-state index contributed by atoms with van der Waals surface area (Å²) in [6.07, 6.45) is 7.24. The third-order valence-electron chi connectivity index (χ3n) is 4.78. The van der Waals surface area contributed by atoms with E-state index in [9.17, 15) is 4.79 Å². The Bertz CT molecular complexity index is 908. The van der Waals surface area contributed by atoms with Gasteiger partial charge in [0.25, 0.3) is 0 Å². The highest BCUT2D eigenvalue weighted by Crippen LogP contribution is 2.11. The van der Waals surface area contributed by atoms with Gasteiger partial charge >= 0.3 is 0 Å². The molecule has 5 heteroatoms. The number of imidazole rings is 1. The van der Waals surface area contributed by atoms with E-state index in [2.05, 4.69) is 34.1 Å². The summed E-state index contributed by atoms with van der Waals surface area (Å²) in [7, 11) is 0. The number of carbonyl (C=O) groups is 1. The van der Waals surface area contributed by atoms with Crippen molar-refractivity contribution in [2.24, 2.45) is 0 Å². The fraction of sp³-hybridized carbons (Fsp3) is 0.238. The largest absolute Gasteiger partial charge is 0.337 e. The highest BCUT2D eigenvalue weighted by molar-refractivity contribution is 5.91. The first-order valence-corrected chi connectivity index (χ1v) is 8.95. The normalized spacial score (nSPS) is 15.8. The van der Waals surface area contributed by atoms with Crippen molar-refractivity contribution >= 4 is 17.6 Å². The van der Waals surface area contributed by atoms with Crippen LogP contribution in [0.2, 0.25) is 0 Å². The predicted octanol–water partition coefficient (Wildman–Crippen LogP) is 2.69. The number of hydrogen-bond acceptors (Lipinski definition) is 3. The Kier molecular flexibility index (Phi) is 4.80. The number of fused-ring (bicyclic) bond motifs is 1. The molecule has 1 aliphatic rings. The first-order chi connectivity index (χ1) is 12.8. The zero-order valence-corrected chi connectivity index (χ0v) is 14.7. The molecule has 3 heterocycles. The lowest BCUT2D eigenvalue weighted by Crippen LogP contribution is -2.47. The second-order valence-electron chi connectivity index (χ2n) is 6.53. The van der Waals surface area contributed by atoms with Crippen molar-refractivity contribution in [3.63, 3.8) is 0 Å². The fourth-order valence-electron chi connectivity index (χ4n) is 3.31. The molecule has 0 radical (unpaired) electrons. The Morgan fingerprint density at radius 2 is 1.77 bits per heavy atom. The molecule has 0 aliphatic carbocycles. The molecule has 1 aromatic carbocycles. The van der Waals surface area contributed by atoms with Crippen molar-refractivity contribution in [2.75, 3.05) is 26.2 Å². The number of carbonyl (C=O) groups excluding carboxylic acids is 1. The standard InChI is InChI=1S/C21H22N4O/c26-21(10-9-19-16-22-20-8-4-5-11-25(19)20)24-14-12-23(13-15-24)17-18-6-2-1-3-7-18/h1-11,16H,12-15,17H2/b10-9+. The molecule has 0 spiro atoms. The molecule has 5 nitrogen and oxygen atoms in total. The maximum absolute atomic E-state index is 12.5. The zero-order valence-electron chi connectivity index (χ0n) is 14.7. The van der Waals surface area contributed by atoms with E-state index in [-0.39, 0.29) is 5.91 Å². The Balaban J connectivity index is 1.33. The molecule has 4 rings (SSSR count). The van der Waals surface area contributed by atoms with E-state index in [1.165, 1.54) is 5.56 Å². The Morgan fingerprint density at radius 3 is 2.58 bits per heavy atom. The van der Waals surface area contributed by atoms with Crippen LogP contribution in [0, 0.1) is 0 Å². The van der Waals surface area contributed by atoms with E-state index in [1.807, 2.05) is 45.8 Å². The monoisotopic (exact) mass is 346 g/mol. The molecule has 0 N–H and O–H groups in total. The number of aromatic nitrogens is 2. The molecular weight excluding hydrogens is 324 g/mol. The van der Waals surface area contributed by atoms with Crippen LogP contribution < -0.4 is 0 Å². The highest BCUT2D eigenvalue weighted by atomic mass is 16.2. The lowest BCUT2D eigenvalue weighted by atomic mass is 10.2. The SMILES string of the molecule is O=C(/C=C/c1cnc2ccccn12)N1CCN(Cc2ccccc2)CC1. The van der Waals surface area contributed by atoms with Gasteiger partial charge in [-0.1, -0.05) is 36.4 Å². The number of benzene rings is 1. The summed E-state index contributed by atoms with van der Waals surface area (Å²) >= 11 is 0. The average Bonchev–Trinajstić information content (AvgIpc) is 3.11. The minimum Gasteiger partial charge on any atom is -0.337 e. The number of piperazine rings is 1. The summed E-state index contributed by atoms with van der Waals surface area (Å²) < 4.78 is 1.97. The number of hydrogen-bond donors (Lipinski definition) is 0. The van der Waals surface area contributed by atoms with Crippen molar-refractivity contribution in [3.8, 4) is 0 Å². The molecule has 1 aliphatic heterocycles. The minimum atomic E-state index is 0.0650. The molecule has 0 bridgehead atoms. The molecule has 132 valence electrons. The molecule has 0 saturated carbocycles. The van der Waals surface area contributed by atoms with Crippen LogP contribution >= 0.6 is 0 Å². The molecule has 2 aromatic heterocycles. The molecule has 0 unspecified atom stereocenters. The molecule has 3 aromatic rings. The van der Waals surface area contributed by atoms with E-state index in [0.717, 1.165) is 44.1 Å². The van der Waals surface area contributed by atoms with Gasteiger partial charge in [-0.05, 0) is 23.8 Å². The van der Waals surface area contributed by atoms with Gasteiger partial charge in [-0.3, -0.25) is 9.69 Å². The first kappa shape index (κ1) is 16.5. The first-order valence-electron chi connectivity index (χ1n) is 8.95. The highest BCUT2D eigenvalue weighted by Gasteiger charge is 2.19. The van der Waals surface area contributed by atoms with E-state index in [4.69, 9.17) is 0 Å². The van der Waals surface area contributed by atoms with Gasteiger partial charge in [0.15, 0.2) is 0 Å². The van der Waals surface area contributed by atoms with Crippen LogP contribution in [0.1, 0.15) is 11.3 Å². The fourth-order valence-corrected chi connectivity index (χ4v) is 3.31. The average molecular weight is 346 g/mol. The smallest absolute Gasteiger partial charge is 0.246 e. The summed E-state index contributed by atoms with van der Waals surface area (Å²) in [4.78, 5) is 21.1. The number of pyridine rings is 1. The molecule has 1 fully saturated rings. The van der Waals surface area contributed by atoms with Gasteiger partial charge in [0.05, 0.1) is 11.9 Å². The van der Waals surface area contributed by atoms with Crippen LogP contribution in [0.3, 0.4) is 0 Å². The molecule has 1 saturated heterocycles. The second kappa shape index (κ2) is 7.54. The molecular formula is C21H22N4O. The van der Waals surface area contributed by atoms with Crippen LogP contribution in [0.5, 0.6) is 0 Å². The maximum atomic E-state index is 12.5. The van der Waals surface area contributed by atoms with Crippen LogP contribution in [-0.4, -0.2) is 51.3 Å².